The predicted octanol–water partition coefficient (Wildman–Crippen LogP) is 1.90. The molecule has 0 bridgehead atoms. The van der Waals surface area contributed by atoms with Crippen LogP contribution in [-0.2, 0) is 14.9 Å². The molecule has 6 heteroatoms. The van der Waals surface area contributed by atoms with Crippen molar-refractivity contribution in [3.63, 3.8) is 0 Å². The van der Waals surface area contributed by atoms with E-state index in [2.05, 4.69) is 37.8 Å². The molecule has 1 N–H and O–H groups in total. The number of nitrogens with zero attached hydrogens (tertiary/aromatic N) is 2. The van der Waals surface area contributed by atoms with Gasteiger partial charge in [-0.25, -0.2) is 0 Å². The lowest BCUT2D eigenvalue weighted by Gasteiger charge is -2.35. The SMILES string of the molecule is COCCC(=O)N1CCN(CC(O)COc2ccc(C(C)(C)C)cc2)CC1. The van der Waals surface area contributed by atoms with Crippen LogP contribution in [0.25, 0.3) is 0 Å². The second kappa shape index (κ2) is 10.1. The number of carbonyl (C=O) groups is 1. The lowest BCUT2D eigenvalue weighted by Crippen LogP contribution is -2.51. The summed E-state index contributed by atoms with van der Waals surface area (Å²) in [6, 6.07) is 8.05. The maximum Gasteiger partial charge on any atom is 0.224 e. The molecule has 1 atom stereocenters. The maximum atomic E-state index is 12.0. The normalized spacial score (nSPS) is 17.0. The summed E-state index contributed by atoms with van der Waals surface area (Å²) in [6.45, 7) is 10.8. The molecule has 1 aromatic rings. The third kappa shape index (κ3) is 7.13. The van der Waals surface area contributed by atoms with Crippen molar-refractivity contribution in [1.82, 2.24) is 9.80 Å². The van der Waals surface area contributed by atoms with Crippen molar-refractivity contribution in [1.29, 1.82) is 0 Å². The number of β-amino-alcohol motifs (C(OH)–C–C–N with tert-alkyl or cyclic N) is 1. The van der Waals surface area contributed by atoms with E-state index in [1.54, 1.807) is 7.11 Å². The number of rotatable bonds is 8. The van der Waals surface area contributed by atoms with Gasteiger partial charge in [0.1, 0.15) is 18.5 Å². The molecule has 0 saturated carbocycles. The fourth-order valence-corrected chi connectivity index (χ4v) is 3.12. The van der Waals surface area contributed by atoms with Gasteiger partial charge < -0.3 is 19.5 Å². The molecule has 1 saturated heterocycles. The molecular formula is C21H34N2O4. The van der Waals surface area contributed by atoms with Crippen LogP contribution in [0.4, 0.5) is 0 Å². The van der Waals surface area contributed by atoms with E-state index in [0.29, 0.717) is 32.7 Å². The van der Waals surface area contributed by atoms with Gasteiger partial charge in [0, 0.05) is 39.8 Å². The standard InChI is InChI=1S/C21H34N2O4/c1-21(2,3)17-5-7-19(8-6-17)27-16-18(24)15-22-10-12-23(13-11-22)20(25)9-14-26-4/h5-8,18,24H,9-16H2,1-4H3. The lowest BCUT2D eigenvalue weighted by molar-refractivity contribution is -0.134. The number of aliphatic hydroxyl groups is 1. The topological polar surface area (TPSA) is 62.2 Å². The van der Waals surface area contributed by atoms with Gasteiger partial charge in [0.25, 0.3) is 0 Å². The maximum absolute atomic E-state index is 12.0. The summed E-state index contributed by atoms with van der Waals surface area (Å²) in [5.41, 5.74) is 1.37. The molecule has 1 fully saturated rings. The van der Waals surface area contributed by atoms with Crippen molar-refractivity contribution in [2.24, 2.45) is 0 Å². The summed E-state index contributed by atoms with van der Waals surface area (Å²) in [4.78, 5) is 16.0. The van der Waals surface area contributed by atoms with Gasteiger partial charge in [-0.05, 0) is 23.1 Å². The van der Waals surface area contributed by atoms with Gasteiger partial charge in [0.05, 0.1) is 13.0 Å². The van der Waals surface area contributed by atoms with Crippen LogP contribution in [0.5, 0.6) is 5.75 Å². The van der Waals surface area contributed by atoms with E-state index in [4.69, 9.17) is 9.47 Å². The van der Waals surface area contributed by atoms with Crippen LogP contribution < -0.4 is 4.74 Å². The van der Waals surface area contributed by atoms with Crippen LogP contribution in [0.2, 0.25) is 0 Å². The van der Waals surface area contributed by atoms with Gasteiger partial charge in [-0.2, -0.15) is 0 Å². The fraction of sp³-hybridized carbons (Fsp3) is 0.667. The number of methoxy groups -OCH3 is 1. The van der Waals surface area contributed by atoms with E-state index < -0.39 is 6.10 Å². The third-order valence-electron chi connectivity index (χ3n) is 4.88. The molecule has 1 heterocycles. The zero-order chi connectivity index (χ0) is 19.9. The van der Waals surface area contributed by atoms with E-state index >= 15 is 0 Å². The monoisotopic (exact) mass is 378 g/mol. The van der Waals surface area contributed by atoms with Gasteiger partial charge in [0.15, 0.2) is 0 Å². The molecule has 152 valence electrons. The second-order valence-electron chi connectivity index (χ2n) is 8.16. The number of hydrogen-bond acceptors (Lipinski definition) is 5. The Hall–Kier alpha value is -1.63. The van der Waals surface area contributed by atoms with E-state index in [1.807, 2.05) is 17.0 Å². The van der Waals surface area contributed by atoms with Crippen LogP contribution in [0.1, 0.15) is 32.8 Å². The van der Waals surface area contributed by atoms with Crippen LogP contribution in [0.15, 0.2) is 24.3 Å². The highest BCUT2D eigenvalue weighted by Crippen LogP contribution is 2.24. The summed E-state index contributed by atoms with van der Waals surface area (Å²) < 4.78 is 10.7. The minimum Gasteiger partial charge on any atom is -0.491 e. The summed E-state index contributed by atoms with van der Waals surface area (Å²) in [5, 5.41) is 10.3. The van der Waals surface area contributed by atoms with E-state index in [1.165, 1.54) is 5.56 Å². The van der Waals surface area contributed by atoms with Crippen molar-refractivity contribution >= 4 is 5.91 Å². The number of piperazine rings is 1. The van der Waals surface area contributed by atoms with Gasteiger partial charge in [-0.15, -0.1) is 0 Å². The molecule has 6 nitrogen and oxygen atoms in total. The lowest BCUT2D eigenvalue weighted by atomic mass is 9.87. The van der Waals surface area contributed by atoms with E-state index in [0.717, 1.165) is 18.8 Å². The van der Waals surface area contributed by atoms with Crippen LogP contribution >= 0.6 is 0 Å². The number of amides is 1. The van der Waals surface area contributed by atoms with Crippen molar-refractivity contribution < 1.29 is 19.4 Å². The van der Waals surface area contributed by atoms with Crippen LogP contribution in [0, 0.1) is 0 Å². The summed E-state index contributed by atoms with van der Waals surface area (Å²) in [5.74, 6) is 0.912. The molecule has 1 amide bonds. The second-order valence-corrected chi connectivity index (χ2v) is 8.16. The highest BCUT2D eigenvalue weighted by atomic mass is 16.5. The number of aliphatic hydroxyl groups excluding tert-OH is 1. The summed E-state index contributed by atoms with van der Waals surface area (Å²) >= 11 is 0. The van der Waals surface area contributed by atoms with Crippen molar-refractivity contribution in [2.75, 3.05) is 53.0 Å². The first-order valence-electron chi connectivity index (χ1n) is 9.70. The van der Waals surface area contributed by atoms with Gasteiger partial charge in [-0.3, -0.25) is 9.69 Å². The molecule has 0 radical (unpaired) electrons. The Balaban J connectivity index is 1.69. The Bertz CT molecular complexity index is 575. The molecule has 2 rings (SSSR count). The minimum absolute atomic E-state index is 0.116. The third-order valence-corrected chi connectivity index (χ3v) is 4.88. The average molecular weight is 379 g/mol. The first kappa shape index (κ1) is 21.7. The number of benzene rings is 1. The fourth-order valence-electron chi connectivity index (χ4n) is 3.12. The Morgan fingerprint density at radius 1 is 1.15 bits per heavy atom. The molecule has 1 unspecified atom stereocenters. The molecule has 1 aromatic carbocycles. The Morgan fingerprint density at radius 3 is 2.33 bits per heavy atom. The minimum atomic E-state index is -0.553. The quantitative estimate of drug-likeness (QED) is 0.749. The first-order chi connectivity index (χ1) is 12.8. The molecule has 1 aliphatic rings. The average Bonchev–Trinajstić information content (AvgIpc) is 2.64. The summed E-state index contributed by atoms with van der Waals surface area (Å²) in [6.07, 6.45) is -0.121. The van der Waals surface area contributed by atoms with Crippen molar-refractivity contribution in [2.45, 2.75) is 38.7 Å². The number of hydrogen-bond donors (Lipinski definition) is 1. The predicted molar refractivity (Wildman–Crippen MR) is 106 cm³/mol. The molecular weight excluding hydrogens is 344 g/mol. The van der Waals surface area contributed by atoms with Crippen molar-refractivity contribution in [3.05, 3.63) is 29.8 Å². The zero-order valence-electron chi connectivity index (χ0n) is 17.1. The van der Waals surface area contributed by atoms with E-state index in [-0.39, 0.29) is 17.9 Å². The van der Waals surface area contributed by atoms with Crippen LogP contribution in [-0.4, -0.2) is 80.0 Å². The first-order valence-corrected chi connectivity index (χ1v) is 9.70. The molecule has 0 spiro atoms. The largest absolute Gasteiger partial charge is 0.491 e. The number of carbonyl (C=O) groups excluding carboxylic acids is 1. The van der Waals surface area contributed by atoms with Crippen molar-refractivity contribution in [3.8, 4) is 5.75 Å². The van der Waals surface area contributed by atoms with Crippen LogP contribution in [0.3, 0.4) is 0 Å². The van der Waals surface area contributed by atoms with Gasteiger partial charge in [-0.1, -0.05) is 32.9 Å². The Morgan fingerprint density at radius 2 is 1.78 bits per heavy atom. The molecule has 0 aromatic heterocycles. The molecule has 0 aliphatic carbocycles. The Kier molecular flexibility index (Phi) is 8.07. The zero-order valence-corrected chi connectivity index (χ0v) is 17.1. The molecule has 27 heavy (non-hydrogen) atoms. The smallest absolute Gasteiger partial charge is 0.224 e. The summed E-state index contributed by atoms with van der Waals surface area (Å²) in [7, 11) is 1.60. The van der Waals surface area contributed by atoms with Gasteiger partial charge in [0.2, 0.25) is 5.91 Å². The molecule has 1 aliphatic heterocycles. The van der Waals surface area contributed by atoms with E-state index in [9.17, 15) is 9.90 Å². The highest BCUT2D eigenvalue weighted by Gasteiger charge is 2.22. The Labute approximate surface area is 163 Å². The van der Waals surface area contributed by atoms with Gasteiger partial charge >= 0.3 is 0 Å². The highest BCUT2D eigenvalue weighted by molar-refractivity contribution is 5.76. The number of ether oxygens (including phenoxy) is 2.